The summed E-state index contributed by atoms with van der Waals surface area (Å²) in [6.45, 7) is 4.59. The third-order valence-corrected chi connectivity index (χ3v) is 13.4. The smallest absolute Gasteiger partial charge is 0.159 e. The van der Waals surface area contributed by atoms with Gasteiger partial charge >= 0.3 is 0 Å². The number of hydrogen-bond donors (Lipinski definition) is 2. The van der Waals surface area contributed by atoms with Crippen LogP contribution >= 0.6 is 0 Å². The first-order chi connectivity index (χ1) is 23.5. The van der Waals surface area contributed by atoms with Crippen molar-refractivity contribution in [3.63, 3.8) is 0 Å². The number of ketones is 2. The Morgan fingerprint density at radius 3 is 1.79 bits per heavy atom. The number of benzene rings is 2. The van der Waals surface area contributed by atoms with Crippen molar-refractivity contribution in [2.75, 3.05) is 0 Å². The van der Waals surface area contributed by atoms with Crippen molar-refractivity contribution in [1.82, 2.24) is 20.4 Å². The minimum absolute atomic E-state index is 0.146. The molecule has 0 aliphatic heterocycles. The van der Waals surface area contributed by atoms with E-state index in [4.69, 9.17) is 0 Å². The molecule has 10 rings (SSSR count). The lowest BCUT2D eigenvalue weighted by atomic mass is 9.66. The molecule has 2 N–H and O–H groups in total. The summed E-state index contributed by atoms with van der Waals surface area (Å²) < 4.78 is 0. The summed E-state index contributed by atoms with van der Waals surface area (Å²) in [6.07, 6.45) is 23.4. The molecule has 3 unspecified atom stereocenters. The van der Waals surface area contributed by atoms with Crippen LogP contribution in [0.2, 0.25) is 0 Å². The summed E-state index contributed by atoms with van der Waals surface area (Å²) in [4.78, 5) is 25.8. The number of nitrogens with zero attached hydrogens (tertiary/aromatic N) is 2. The Balaban J connectivity index is 0.000000131. The fourth-order valence-corrected chi connectivity index (χ4v) is 10.8. The number of carbonyl (C=O) groups is 2. The van der Waals surface area contributed by atoms with E-state index in [9.17, 15) is 9.59 Å². The van der Waals surface area contributed by atoms with Gasteiger partial charge in [-0.05, 0) is 116 Å². The largest absolute Gasteiger partial charge is 0.295 e. The number of nitrogens with one attached hydrogen (secondary N) is 2. The first-order valence-corrected chi connectivity index (χ1v) is 18.6. The van der Waals surface area contributed by atoms with E-state index in [0.717, 1.165) is 74.4 Å². The Morgan fingerprint density at radius 1 is 0.729 bits per heavy atom. The van der Waals surface area contributed by atoms with E-state index in [0.29, 0.717) is 29.8 Å². The zero-order valence-electron chi connectivity index (χ0n) is 28.4. The maximum absolute atomic E-state index is 12.9. The van der Waals surface area contributed by atoms with Gasteiger partial charge in [-0.1, -0.05) is 51.0 Å². The van der Waals surface area contributed by atoms with Crippen molar-refractivity contribution in [2.45, 2.75) is 104 Å². The summed E-state index contributed by atoms with van der Waals surface area (Å²) in [5, 5.41) is 17.2. The van der Waals surface area contributed by atoms with Crippen LogP contribution in [0.25, 0.3) is 33.0 Å². The average molecular weight is 639 g/mol. The number of hydrogen-bond acceptors (Lipinski definition) is 4. The van der Waals surface area contributed by atoms with Gasteiger partial charge in [-0.25, -0.2) is 0 Å². The third-order valence-electron chi connectivity index (χ3n) is 13.4. The third kappa shape index (κ3) is 4.29. The van der Waals surface area contributed by atoms with Gasteiger partial charge in [0.2, 0.25) is 0 Å². The van der Waals surface area contributed by atoms with Gasteiger partial charge in [-0.15, -0.1) is 0 Å². The number of Topliss-reactive ketones (excluding diaryl/α,β-unsaturated/α-hetero) is 2. The molecule has 0 spiro atoms. The molecule has 2 aromatic heterocycles. The number of aromatic nitrogens is 4. The molecule has 0 amide bonds. The lowest BCUT2D eigenvalue weighted by molar-refractivity contribution is -0.117. The summed E-state index contributed by atoms with van der Waals surface area (Å²) >= 11 is 0. The topological polar surface area (TPSA) is 91.5 Å². The second kappa shape index (κ2) is 11.2. The van der Waals surface area contributed by atoms with Gasteiger partial charge in [-0.2, -0.15) is 10.2 Å². The van der Waals surface area contributed by atoms with Gasteiger partial charge in [-0.3, -0.25) is 19.8 Å². The fourth-order valence-electron chi connectivity index (χ4n) is 10.8. The molecule has 6 aliphatic carbocycles. The van der Waals surface area contributed by atoms with Gasteiger partial charge in [0.25, 0.3) is 0 Å². The van der Waals surface area contributed by atoms with Crippen molar-refractivity contribution in [3.05, 3.63) is 82.2 Å². The lowest BCUT2D eigenvalue weighted by Crippen LogP contribution is -2.30. The molecule has 4 aromatic rings. The van der Waals surface area contributed by atoms with E-state index in [1.54, 1.807) is 0 Å². The van der Waals surface area contributed by atoms with E-state index in [1.165, 1.54) is 75.4 Å². The Kier molecular flexibility index (Phi) is 7.04. The predicted molar refractivity (Wildman–Crippen MR) is 191 cm³/mol. The Hall–Kier alpha value is -4.06. The molecular formula is C42H46N4O2. The number of rotatable bonds is 4. The molecular weight excluding hydrogens is 592 g/mol. The van der Waals surface area contributed by atoms with E-state index in [2.05, 4.69) is 70.7 Å². The molecule has 1 fully saturated rings. The summed E-state index contributed by atoms with van der Waals surface area (Å²) in [6, 6.07) is 8.74. The summed E-state index contributed by atoms with van der Waals surface area (Å²) in [7, 11) is 0. The highest BCUT2D eigenvalue weighted by molar-refractivity contribution is 6.09. The van der Waals surface area contributed by atoms with Gasteiger partial charge in [0.1, 0.15) is 0 Å². The van der Waals surface area contributed by atoms with Crippen LogP contribution in [0, 0.1) is 22.7 Å². The van der Waals surface area contributed by atoms with E-state index >= 15 is 0 Å². The van der Waals surface area contributed by atoms with E-state index in [-0.39, 0.29) is 10.8 Å². The van der Waals surface area contributed by atoms with E-state index < -0.39 is 0 Å². The molecule has 0 radical (unpaired) electrons. The molecule has 3 atom stereocenters. The molecule has 2 heterocycles. The number of aromatic amines is 2. The standard InChI is InChI=1S/C21H24N2O.C21H22N2O/c2*1-2-21-10-9-18(24)19(13-5-3-4-6-13)20(21)14-7-8-17-16(12-22-23-17)15(14)11-21/h7-8,12-13H,2-6,9-11H2,1H3,(H,22,23);3,5,7-8,12-13H,2,4,6,9-11H2,1H3,(H,22,23). The van der Waals surface area contributed by atoms with Crippen molar-refractivity contribution in [2.24, 2.45) is 22.7 Å². The Labute approximate surface area is 282 Å². The molecule has 2 aromatic carbocycles. The van der Waals surface area contributed by atoms with Crippen LogP contribution < -0.4 is 0 Å². The molecule has 6 aliphatic rings. The highest BCUT2D eigenvalue weighted by atomic mass is 16.1. The second-order valence-corrected chi connectivity index (χ2v) is 15.5. The van der Waals surface area contributed by atoms with E-state index in [1.807, 2.05) is 12.4 Å². The minimum Gasteiger partial charge on any atom is -0.295 e. The maximum Gasteiger partial charge on any atom is 0.159 e. The van der Waals surface area contributed by atoms with Gasteiger partial charge in [0.05, 0.1) is 23.4 Å². The highest BCUT2D eigenvalue weighted by Crippen LogP contribution is 2.60. The zero-order valence-corrected chi connectivity index (χ0v) is 28.4. The quantitative estimate of drug-likeness (QED) is 0.218. The van der Waals surface area contributed by atoms with Crippen LogP contribution in [-0.2, 0) is 22.4 Å². The number of fused-ring (bicyclic) bond motifs is 10. The average Bonchev–Trinajstić information content (AvgIpc) is 3.96. The first-order valence-electron chi connectivity index (χ1n) is 18.6. The van der Waals surface area contributed by atoms with Crippen LogP contribution in [0.5, 0.6) is 0 Å². The number of H-pyrrole nitrogens is 2. The minimum atomic E-state index is 0.146. The van der Waals surface area contributed by atoms with Gasteiger partial charge < -0.3 is 0 Å². The molecule has 1 saturated carbocycles. The number of carbonyl (C=O) groups excluding carboxylic acids is 2. The van der Waals surface area contributed by atoms with Crippen LogP contribution in [-0.4, -0.2) is 32.0 Å². The first kappa shape index (κ1) is 30.0. The normalized spacial score (nSPS) is 27.9. The summed E-state index contributed by atoms with van der Waals surface area (Å²) in [5.41, 5.74) is 13.2. The second-order valence-electron chi connectivity index (χ2n) is 15.5. The molecule has 6 nitrogen and oxygen atoms in total. The van der Waals surface area contributed by atoms with Crippen molar-refractivity contribution in [1.29, 1.82) is 0 Å². The van der Waals surface area contributed by atoms with Crippen molar-refractivity contribution in [3.8, 4) is 0 Å². The Morgan fingerprint density at radius 2 is 1.27 bits per heavy atom. The lowest BCUT2D eigenvalue weighted by Gasteiger charge is -2.37. The molecule has 0 saturated heterocycles. The molecule has 246 valence electrons. The SMILES string of the molecule is CCC12CCC(=O)C(C3C=CCC3)=C1c1ccc3[nH]ncc3c1C2.CCC12CCC(=O)C(C3CCCC3)=C1c1ccc3[nH]ncc3c1C2. The van der Waals surface area contributed by atoms with Gasteiger partial charge in [0.15, 0.2) is 11.6 Å². The highest BCUT2D eigenvalue weighted by Gasteiger charge is 2.49. The van der Waals surface area contributed by atoms with Crippen molar-refractivity contribution < 1.29 is 9.59 Å². The Bertz CT molecular complexity index is 2080. The maximum atomic E-state index is 12.9. The van der Waals surface area contributed by atoms with Gasteiger partial charge in [0, 0.05) is 51.5 Å². The van der Waals surface area contributed by atoms with Crippen LogP contribution in [0.1, 0.15) is 113 Å². The van der Waals surface area contributed by atoms with Crippen LogP contribution in [0.15, 0.2) is 60.0 Å². The van der Waals surface area contributed by atoms with Crippen LogP contribution in [0.3, 0.4) is 0 Å². The summed E-state index contributed by atoms with van der Waals surface area (Å²) in [5.74, 6) is 1.64. The predicted octanol–water partition coefficient (Wildman–Crippen LogP) is 9.42. The fraction of sp³-hybridized carbons (Fsp3) is 0.476. The molecule has 6 heteroatoms. The molecule has 48 heavy (non-hydrogen) atoms. The monoisotopic (exact) mass is 638 g/mol. The van der Waals surface area contributed by atoms with Crippen molar-refractivity contribution >= 4 is 44.5 Å². The van der Waals surface area contributed by atoms with Crippen LogP contribution in [0.4, 0.5) is 0 Å². The molecule has 0 bridgehead atoms. The number of allylic oxidation sites excluding steroid dienone is 6. The zero-order chi connectivity index (χ0) is 32.6.